The summed E-state index contributed by atoms with van der Waals surface area (Å²) < 4.78 is 15.5. The van der Waals surface area contributed by atoms with Crippen molar-refractivity contribution in [1.82, 2.24) is 0 Å². The maximum Gasteiger partial charge on any atom is 0.143 e. The van der Waals surface area contributed by atoms with Crippen LogP contribution in [0, 0.1) is 0 Å². The maximum absolute atomic E-state index is 6.49. The third-order valence-corrected chi connectivity index (χ3v) is 12.7. The summed E-state index contributed by atoms with van der Waals surface area (Å²) in [5.74, 6) is 0. The smallest absolute Gasteiger partial charge is 0.143 e. The summed E-state index contributed by atoms with van der Waals surface area (Å²) in [6.07, 6.45) is 0. The summed E-state index contributed by atoms with van der Waals surface area (Å²) in [6, 6.07) is 71.3. The van der Waals surface area contributed by atoms with E-state index in [0.717, 1.165) is 83.2 Å². The second-order valence-electron chi connectivity index (χ2n) is 14.8. The first-order valence-corrected chi connectivity index (χ1v) is 20.4. The van der Waals surface area contributed by atoms with Crippen molar-refractivity contribution < 1.29 is 8.83 Å². The molecule has 0 unspecified atom stereocenters. The van der Waals surface area contributed by atoms with E-state index >= 15 is 0 Å². The number of furan rings is 2. The van der Waals surface area contributed by atoms with Crippen molar-refractivity contribution in [3.63, 3.8) is 0 Å². The van der Waals surface area contributed by atoms with Crippen LogP contribution in [0.5, 0.6) is 0 Å². The fourth-order valence-electron chi connectivity index (χ4n) is 8.76. The van der Waals surface area contributed by atoms with Gasteiger partial charge in [0.2, 0.25) is 0 Å². The lowest BCUT2D eigenvalue weighted by molar-refractivity contribution is 0.669. The quantitative estimate of drug-likeness (QED) is 0.169. The first-order valence-electron chi connectivity index (χ1n) is 19.6. The zero-order valence-corrected chi connectivity index (χ0v) is 32.0. The van der Waals surface area contributed by atoms with Crippen LogP contribution in [-0.2, 0) is 0 Å². The average Bonchev–Trinajstić information content (AvgIpc) is 3.99. The molecule has 0 atom stereocenters. The second-order valence-corrected chi connectivity index (χ2v) is 15.9. The van der Waals surface area contributed by atoms with Crippen LogP contribution >= 0.6 is 11.3 Å². The monoisotopic (exact) mass is 759 g/mol. The summed E-state index contributed by atoms with van der Waals surface area (Å²) in [4.78, 5) is 2.36. The molecule has 0 aliphatic carbocycles. The Bertz CT molecular complexity index is 3500. The Hall–Kier alpha value is -7.40. The lowest BCUT2D eigenvalue weighted by Gasteiger charge is -2.26. The molecular formula is C54H33NO2S. The minimum atomic E-state index is 0.865. The zero-order chi connectivity index (χ0) is 38.2. The van der Waals surface area contributed by atoms with Gasteiger partial charge in [-0.05, 0) is 88.5 Å². The van der Waals surface area contributed by atoms with Crippen molar-refractivity contribution in [2.45, 2.75) is 0 Å². The molecule has 3 nitrogen and oxygen atoms in total. The van der Waals surface area contributed by atoms with E-state index in [4.69, 9.17) is 8.83 Å². The van der Waals surface area contributed by atoms with Crippen molar-refractivity contribution in [2.75, 3.05) is 4.90 Å². The van der Waals surface area contributed by atoms with Gasteiger partial charge in [-0.25, -0.2) is 0 Å². The maximum atomic E-state index is 6.49. The lowest BCUT2D eigenvalue weighted by atomic mass is 9.99. The van der Waals surface area contributed by atoms with E-state index in [2.05, 4.69) is 187 Å². The topological polar surface area (TPSA) is 29.5 Å². The normalized spacial score (nSPS) is 11.8. The number of nitrogens with zero attached hydrogens (tertiary/aromatic N) is 1. The van der Waals surface area contributed by atoms with Crippen LogP contribution in [0.2, 0.25) is 0 Å². The average molecular weight is 760 g/mol. The highest BCUT2D eigenvalue weighted by Gasteiger charge is 2.20. The van der Waals surface area contributed by atoms with Crippen LogP contribution in [0.25, 0.3) is 97.4 Å². The molecule has 0 aliphatic rings. The van der Waals surface area contributed by atoms with Crippen molar-refractivity contribution >= 4 is 92.4 Å². The number of benzene rings is 9. The van der Waals surface area contributed by atoms with Gasteiger partial charge in [0.25, 0.3) is 0 Å². The lowest BCUT2D eigenvalue weighted by Crippen LogP contribution is -2.10. The van der Waals surface area contributed by atoms with E-state index in [1.807, 2.05) is 29.5 Å². The first kappa shape index (κ1) is 32.8. The van der Waals surface area contributed by atoms with Gasteiger partial charge in [0, 0.05) is 53.3 Å². The Morgan fingerprint density at radius 2 is 0.966 bits per heavy atom. The highest BCUT2D eigenvalue weighted by atomic mass is 32.1. The van der Waals surface area contributed by atoms with Gasteiger partial charge in [0.15, 0.2) is 0 Å². The number of anilines is 3. The standard InChI is InChI=1S/C54H33NO2S/c1-2-11-35(12-3-1)40-15-8-17-43-46-33-37(27-32-49(46)57-53(40)43)34-23-28-38(29-24-34)55(47-19-10-21-50-52(47)45-14-4-6-20-48(45)56-50)39-30-25-36(26-31-39)41-16-9-18-44-42-13-5-7-22-51(42)58-54(41)44/h1-33H. The summed E-state index contributed by atoms with van der Waals surface area (Å²) in [5, 5.41) is 7.03. The summed E-state index contributed by atoms with van der Waals surface area (Å²) >= 11 is 1.87. The summed E-state index contributed by atoms with van der Waals surface area (Å²) in [7, 11) is 0. The Balaban J connectivity index is 0.970. The molecule has 0 aliphatic heterocycles. The molecule has 3 heterocycles. The van der Waals surface area contributed by atoms with Crippen molar-refractivity contribution in [1.29, 1.82) is 0 Å². The molecule has 3 aromatic heterocycles. The Morgan fingerprint density at radius 3 is 1.79 bits per heavy atom. The molecule has 58 heavy (non-hydrogen) atoms. The molecule has 0 saturated carbocycles. The molecule has 4 heteroatoms. The van der Waals surface area contributed by atoms with Gasteiger partial charge in [0.05, 0.1) is 11.1 Å². The van der Waals surface area contributed by atoms with Crippen molar-refractivity contribution in [3.05, 3.63) is 200 Å². The molecule has 0 fully saturated rings. The van der Waals surface area contributed by atoms with Crippen LogP contribution in [-0.4, -0.2) is 0 Å². The van der Waals surface area contributed by atoms with Crippen LogP contribution in [0.3, 0.4) is 0 Å². The number of hydrogen-bond donors (Lipinski definition) is 0. The van der Waals surface area contributed by atoms with E-state index in [9.17, 15) is 0 Å². The zero-order valence-electron chi connectivity index (χ0n) is 31.2. The molecule has 272 valence electrons. The van der Waals surface area contributed by atoms with Crippen molar-refractivity contribution in [3.8, 4) is 33.4 Å². The van der Waals surface area contributed by atoms with Gasteiger partial charge >= 0.3 is 0 Å². The number of para-hydroxylation sites is 2. The Kier molecular flexibility index (Phi) is 7.40. The van der Waals surface area contributed by atoms with Gasteiger partial charge in [0.1, 0.15) is 22.3 Å². The van der Waals surface area contributed by atoms with Crippen LogP contribution in [0.15, 0.2) is 209 Å². The summed E-state index contributed by atoms with van der Waals surface area (Å²) in [6.45, 7) is 0. The highest BCUT2D eigenvalue weighted by Crippen LogP contribution is 2.45. The van der Waals surface area contributed by atoms with E-state index in [1.165, 1.54) is 31.3 Å². The molecule has 0 spiro atoms. The van der Waals surface area contributed by atoms with Crippen LogP contribution in [0.1, 0.15) is 0 Å². The number of thiophene rings is 1. The number of hydrogen-bond acceptors (Lipinski definition) is 4. The summed E-state index contributed by atoms with van der Waals surface area (Å²) in [5.41, 5.74) is 13.7. The molecule has 12 rings (SSSR count). The van der Waals surface area contributed by atoms with E-state index in [1.54, 1.807) is 0 Å². The predicted octanol–water partition coefficient (Wildman–Crippen LogP) is 16.3. The third-order valence-electron chi connectivity index (χ3n) is 11.5. The van der Waals surface area contributed by atoms with E-state index in [0.29, 0.717) is 0 Å². The molecule has 9 aromatic carbocycles. The van der Waals surface area contributed by atoms with Gasteiger partial charge < -0.3 is 13.7 Å². The van der Waals surface area contributed by atoms with E-state index in [-0.39, 0.29) is 0 Å². The molecule has 0 saturated heterocycles. The van der Waals surface area contributed by atoms with Gasteiger partial charge in [-0.1, -0.05) is 140 Å². The molecule has 0 bridgehead atoms. The predicted molar refractivity (Wildman–Crippen MR) is 245 cm³/mol. The fraction of sp³-hybridized carbons (Fsp3) is 0. The highest BCUT2D eigenvalue weighted by molar-refractivity contribution is 7.26. The van der Waals surface area contributed by atoms with Crippen LogP contribution < -0.4 is 4.90 Å². The number of rotatable bonds is 6. The van der Waals surface area contributed by atoms with Gasteiger partial charge in [-0.15, -0.1) is 11.3 Å². The third kappa shape index (κ3) is 5.19. The molecular weight excluding hydrogens is 727 g/mol. The Labute approximate surface area is 338 Å². The van der Waals surface area contributed by atoms with Gasteiger partial charge in [-0.2, -0.15) is 0 Å². The Morgan fingerprint density at radius 1 is 0.362 bits per heavy atom. The SMILES string of the molecule is c1ccc(-c2cccc3c2oc2ccc(-c4ccc(N(c5ccc(-c6cccc7c6sc6ccccc67)cc5)c5cccc6oc7ccccc7c56)cc4)cc23)cc1. The van der Waals surface area contributed by atoms with Gasteiger partial charge in [-0.3, -0.25) is 0 Å². The minimum Gasteiger partial charge on any atom is -0.456 e. The van der Waals surface area contributed by atoms with Crippen LogP contribution in [0.4, 0.5) is 17.1 Å². The molecule has 0 radical (unpaired) electrons. The van der Waals surface area contributed by atoms with Crippen molar-refractivity contribution in [2.24, 2.45) is 0 Å². The molecule has 12 aromatic rings. The number of fused-ring (bicyclic) bond motifs is 9. The largest absolute Gasteiger partial charge is 0.456 e. The second kappa shape index (κ2) is 13.1. The minimum absolute atomic E-state index is 0.865. The van der Waals surface area contributed by atoms with E-state index < -0.39 is 0 Å². The fourth-order valence-corrected chi connectivity index (χ4v) is 10.00. The molecule has 0 amide bonds. The molecule has 0 N–H and O–H groups in total. The first-order chi connectivity index (χ1) is 28.7.